The Morgan fingerprint density at radius 2 is 1.80 bits per heavy atom. The van der Waals surface area contributed by atoms with E-state index in [2.05, 4.69) is 15.5 Å². The number of carbonyl (C=O) groups is 2. The average molecular weight is 729 g/mol. The zero-order valence-corrected chi connectivity index (χ0v) is 30.8. The standard InChI is InChI=1S/C35H48N6O7S2/c1-24(2)19-40(50(46,47)29-13-11-27(12-14-29)18-36-45)21-31(42)30(17-26-9-7-6-8-10-26)38-34(43)33(25(3)4)41-16-15-39(35(41)44)20-28-23-49-32(37-28)22-48-5/h6-14,18,23-25,30-31,33,42,45H,15-17,19-22H2,1-5H3,(H,38,43)/t30-,31-,33-/m0/s1. The number of aliphatic hydroxyl groups excluding tert-OH is 1. The number of hydrogen-bond acceptors (Lipinski definition) is 10. The molecule has 0 spiro atoms. The van der Waals surface area contributed by atoms with E-state index in [9.17, 15) is 23.1 Å². The van der Waals surface area contributed by atoms with Gasteiger partial charge in [-0.15, -0.1) is 11.3 Å². The molecule has 1 aliphatic rings. The molecule has 15 heteroatoms. The minimum Gasteiger partial charge on any atom is -0.411 e. The molecule has 272 valence electrons. The fourth-order valence-electron chi connectivity index (χ4n) is 5.99. The number of methoxy groups -OCH3 is 1. The molecule has 3 amide bonds. The van der Waals surface area contributed by atoms with Crippen LogP contribution in [0.2, 0.25) is 0 Å². The summed E-state index contributed by atoms with van der Waals surface area (Å²) in [7, 11) is -2.46. The quantitative estimate of drug-likeness (QED) is 0.101. The number of urea groups is 1. The van der Waals surface area contributed by atoms with Gasteiger partial charge >= 0.3 is 6.03 Å². The summed E-state index contributed by atoms with van der Waals surface area (Å²) in [4.78, 5) is 35.5. The van der Waals surface area contributed by atoms with Gasteiger partial charge in [-0.05, 0) is 41.5 Å². The zero-order chi connectivity index (χ0) is 36.4. The Balaban J connectivity index is 1.55. The summed E-state index contributed by atoms with van der Waals surface area (Å²) < 4.78 is 34.1. The first-order valence-electron chi connectivity index (χ1n) is 16.6. The Bertz CT molecular complexity index is 1680. The lowest BCUT2D eigenvalue weighted by molar-refractivity contribution is -0.128. The van der Waals surface area contributed by atoms with Crippen molar-refractivity contribution in [1.29, 1.82) is 0 Å². The number of ether oxygens (including phenoxy) is 1. The number of sulfonamides is 1. The molecular formula is C35H48N6O7S2. The number of benzene rings is 2. The van der Waals surface area contributed by atoms with Crippen LogP contribution in [0, 0.1) is 11.8 Å². The van der Waals surface area contributed by atoms with Crippen molar-refractivity contribution in [3.05, 3.63) is 81.8 Å². The van der Waals surface area contributed by atoms with E-state index < -0.39 is 34.1 Å². The van der Waals surface area contributed by atoms with E-state index in [0.717, 1.165) is 16.3 Å². The molecule has 0 saturated carbocycles. The van der Waals surface area contributed by atoms with Gasteiger partial charge in [-0.25, -0.2) is 18.2 Å². The Hall–Kier alpha value is -3.89. The highest BCUT2D eigenvalue weighted by Crippen LogP contribution is 2.23. The maximum Gasteiger partial charge on any atom is 0.321 e. The zero-order valence-electron chi connectivity index (χ0n) is 29.2. The fraction of sp³-hybridized carbons (Fsp3) is 0.486. The first-order chi connectivity index (χ1) is 23.8. The van der Waals surface area contributed by atoms with Gasteiger partial charge in [0, 0.05) is 38.7 Å². The Kier molecular flexibility index (Phi) is 13.9. The number of thiazole rings is 1. The molecule has 50 heavy (non-hydrogen) atoms. The SMILES string of the molecule is COCc1nc(CN2CCN([C@H](C(=O)N[C@@H](Cc3ccccc3)[C@@H](O)CN(CC(C)C)S(=O)(=O)c3ccc(C=NO)cc3)C(C)C)C2=O)cs1. The molecule has 3 atom stereocenters. The molecule has 2 aromatic carbocycles. The van der Waals surface area contributed by atoms with Crippen molar-refractivity contribution in [2.75, 3.05) is 33.3 Å². The van der Waals surface area contributed by atoms with Crippen LogP contribution in [0.1, 0.15) is 49.5 Å². The van der Waals surface area contributed by atoms with E-state index in [1.807, 2.05) is 63.4 Å². The molecule has 0 aliphatic carbocycles. The first kappa shape index (κ1) is 38.9. The van der Waals surface area contributed by atoms with Gasteiger partial charge < -0.3 is 30.2 Å². The largest absolute Gasteiger partial charge is 0.411 e. The molecule has 4 rings (SSSR count). The lowest BCUT2D eigenvalue weighted by Crippen LogP contribution is -2.57. The van der Waals surface area contributed by atoms with Crippen molar-refractivity contribution < 1.29 is 33.1 Å². The number of carbonyl (C=O) groups excluding carboxylic acids is 2. The Labute approximate surface area is 298 Å². The minimum absolute atomic E-state index is 0.0219. The number of amides is 3. The summed E-state index contributed by atoms with van der Waals surface area (Å²) in [5.74, 6) is -0.742. The lowest BCUT2D eigenvalue weighted by Gasteiger charge is -2.34. The van der Waals surface area contributed by atoms with E-state index >= 15 is 0 Å². The van der Waals surface area contributed by atoms with Crippen LogP contribution in [0.25, 0.3) is 0 Å². The van der Waals surface area contributed by atoms with Crippen molar-refractivity contribution in [3.63, 3.8) is 0 Å². The van der Waals surface area contributed by atoms with Gasteiger partial charge in [0.25, 0.3) is 0 Å². The minimum atomic E-state index is -4.06. The lowest BCUT2D eigenvalue weighted by atomic mass is 9.97. The highest BCUT2D eigenvalue weighted by atomic mass is 32.2. The van der Waals surface area contributed by atoms with Crippen molar-refractivity contribution in [2.45, 2.75) is 70.4 Å². The molecule has 3 N–H and O–H groups in total. The third-order valence-electron chi connectivity index (χ3n) is 8.36. The van der Waals surface area contributed by atoms with Crippen LogP contribution in [0.5, 0.6) is 0 Å². The van der Waals surface area contributed by atoms with E-state index in [1.54, 1.807) is 16.9 Å². The molecule has 1 aliphatic heterocycles. The highest BCUT2D eigenvalue weighted by molar-refractivity contribution is 7.89. The van der Waals surface area contributed by atoms with Crippen LogP contribution in [0.15, 0.2) is 70.0 Å². The van der Waals surface area contributed by atoms with Crippen molar-refractivity contribution >= 4 is 39.5 Å². The maximum absolute atomic E-state index is 14.1. The molecule has 1 saturated heterocycles. The summed E-state index contributed by atoms with van der Waals surface area (Å²) in [5.41, 5.74) is 2.12. The van der Waals surface area contributed by atoms with Crippen LogP contribution in [0.4, 0.5) is 4.79 Å². The summed E-state index contributed by atoms with van der Waals surface area (Å²) in [6.45, 7) is 8.84. The summed E-state index contributed by atoms with van der Waals surface area (Å²) in [6.07, 6.45) is 0.134. The number of nitrogens with one attached hydrogen (secondary N) is 1. The maximum atomic E-state index is 14.1. The molecule has 3 aromatic rings. The van der Waals surface area contributed by atoms with Crippen LogP contribution < -0.4 is 5.32 Å². The normalized spacial score (nSPS) is 15.8. The third kappa shape index (κ3) is 10.1. The van der Waals surface area contributed by atoms with Crippen molar-refractivity contribution in [1.82, 2.24) is 24.4 Å². The number of aromatic nitrogens is 1. The third-order valence-corrected chi connectivity index (χ3v) is 11.1. The second-order valence-corrected chi connectivity index (χ2v) is 16.0. The van der Waals surface area contributed by atoms with Crippen LogP contribution >= 0.6 is 11.3 Å². The smallest absolute Gasteiger partial charge is 0.321 e. The van der Waals surface area contributed by atoms with E-state index in [-0.39, 0.29) is 42.3 Å². The average Bonchev–Trinajstić information content (AvgIpc) is 3.67. The van der Waals surface area contributed by atoms with Gasteiger partial charge in [0.1, 0.15) is 11.0 Å². The second kappa shape index (κ2) is 17.9. The molecule has 2 heterocycles. The number of nitrogens with zero attached hydrogens (tertiary/aromatic N) is 5. The second-order valence-electron chi connectivity index (χ2n) is 13.2. The van der Waals surface area contributed by atoms with Gasteiger partial charge in [0.2, 0.25) is 15.9 Å². The molecule has 0 unspecified atom stereocenters. The van der Waals surface area contributed by atoms with Gasteiger partial charge in [-0.1, -0.05) is 75.3 Å². The van der Waals surface area contributed by atoms with Crippen LogP contribution in [-0.4, -0.2) is 107 Å². The molecule has 0 bridgehead atoms. The summed E-state index contributed by atoms with van der Waals surface area (Å²) in [6, 6.07) is 13.3. The molecule has 13 nitrogen and oxygen atoms in total. The Morgan fingerprint density at radius 1 is 1.10 bits per heavy atom. The number of hydrogen-bond donors (Lipinski definition) is 3. The predicted molar refractivity (Wildman–Crippen MR) is 191 cm³/mol. The topological polar surface area (TPSA) is 165 Å². The molecule has 1 aromatic heterocycles. The molecular weight excluding hydrogens is 681 g/mol. The number of rotatable bonds is 18. The number of oxime groups is 1. The molecule has 1 fully saturated rings. The van der Waals surface area contributed by atoms with E-state index in [0.29, 0.717) is 31.8 Å². The summed E-state index contributed by atoms with van der Waals surface area (Å²) >= 11 is 1.47. The predicted octanol–water partition coefficient (Wildman–Crippen LogP) is 3.80. The molecule has 0 radical (unpaired) electrons. The monoisotopic (exact) mass is 728 g/mol. The van der Waals surface area contributed by atoms with Crippen LogP contribution in [0.3, 0.4) is 0 Å². The van der Waals surface area contributed by atoms with Crippen LogP contribution in [-0.2, 0) is 39.1 Å². The van der Waals surface area contributed by atoms with Gasteiger partial charge in [-0.2, -0.15) is 4.31 Å². The van der Waals surface area contributed by atoms with E-state index in [4.69, 9.17) is 9.94 Å². The van der Waals surface area contributed by atoms with Crippen molar-refractivity contribution in [2.24, 2.45) is 17.0 Å². The Morgan fingerprint density at radius 3 is 2.42 bits per heavy atom. The fourth-order valence-corrected chi connectivity index (χ4v) is 8.37. The van der Waals surface area contributed by atoms with Crippen molar-refractivity contribution in [3.8, 4) is 0 Å². The first-order valence-corrected chi connectivity index (χ1v) is 18.9. The highest BCUT2D eigenvalue weighted by Gasteiger charge is 2.40. The summed E-state index contributed by atoms with van der Waals surface area (Å²) in [5, 5.41) is 29.3. The van der Waals surface area contributed by atoms with Gasteiger partial charge in [-0.3, -0.25) is 4.79 Å². The van der Waals surface area contributed by atoms with Gasteiger partial charge in [0.15, 0.2) is 0 Å². The van der Waals surface area contributed by atoms with Gasteiger partial charge in [0.05, 0.1) is 42.1 Å². The number of aliphatic hydroxyl groups is 1. The van der Waals surface area contributed by atoms with E-state index in [1.165, 1.54) is 46.1 Å².